The highest BCUT2D eigenvalue weighted by molar-refractivity contribution is 5.98. The van der Waals surface area contributed by atoms with Crippen molar-refractivity contribution in [1.29, 1.82) is 0 Å². The average molecular weight is 319 g/mol. The molecule has 2 amide bonds. The number of pyridine rings is 1. The van der Waals surface area contributed by atoms with Crippen LogP contribution in [0.2, 0.25) is 0 Å². The van der Waals surface area contributed by atoms with Crippen molar-refractivity contribution in [1.82, 2.24) is 15.2 Å². The summed E-state index contributed by atoms with van der Waals surface area (Å²) in [5.74, 6) is 0.481. The number of hydrogen-bond acceptors (Lipinski definition) is 5. The molecule has 0 aliphatic carbocycles. The number of anilines is 2. The highest BCUT2D eigenvalue weighted by Crippen LogP contribution is 2.25. The maximum Gasteiger partial charge on any atom is 0.255 e. The molecule has 7 nitrogen and oxygen atoms in total. The molecule has 126 valence electrons. The number of nitrogens with zero attached hydrogens (tertiary/aromatic N) is 3. The standard InChI is InChI=1S/C16H25N5O2/c1-4-20(5-2)16(23)13-10-14(19-12(3)22)15(18-11-13)21-8-6-17-7-9-21/h10-11,17H,4-9H2,1-3H3,(H,19,22). The number of hydrogen-bond donors (Lipinski definition) is 2. The summed E-state index contributed by atoms with van der Waals surface area (Å²) in [7, 11) is 0. The van der Waals surface area contributed by atoms with Gasteiger partial charge >= 0.3 is 0 Å². The van der Waals surface area contributed by atoms with E-state index < -0.39 is 0 Å². The smallest absolute Gasteiger partial charge is 0.255 e. The lowest BCUT2D eigenvalue weighted by atomic mass is 10.2. The highest BCUT2D eigenvalue weighted by atomic mass is 16.2. The molecule has 1 aromatic rings. The van der Waals surface area contributed by atoms with Crippen LogP contribution < -0.4 is 15.5 Å². The van der Waals surface area contributed by atoms with Crippen molar-refractivity contribution in [2.45, 2.75) is 20.8 Å². The zero-order valence-corrected chi connectivity index (χ0v) is 14.1. The van der Waals surface area contributed by atoms with Crippen molar-refractivity contribution >= 4 is 23.3 Å². The zero-order valence-electron chi connectivity index (χ0n) is 14.1. The molecule has 0 unspecified atom stereocenters. The fourth-order valence-corrected chi connectivity index (χ4v) is 2.68. The van der Waals surface area contributed by atoms with Crippen LogP contribution in [0, 0.1) is 0 Å². The largest absolute Gasteiger partial charge is 0.352 e. The molecule has 1 fully saturated rings. The first-order chi connectivity index (χ1) is 11.1. The molecule has 2 N–H and O–H groups in total. The summed E-state index contributed by atoms with van der Waals surface area (Å²) in [6.45, 7) is 10.0. The Morgan fingerprint density at radius 1 is 1.30 bits per heavy atom. The van der Waals surface area contributed by atoms with Gasteiger partial charge in [-0.15, -0.1) is 0 Å². The van der Waals surface area contributed by atoms with E-state index in [1.165, 1.54) is 6.92 Å². The maximum absolute atomic E-state index is 12.5. The molecule has 0 radical (unpaired) electrons. The summed E-state index contributed by atoms with van der Waals surface area (Å²) in [4.78, 5) is 32.3. The van der Waals surface area contributed by atoms with E-state index in [-0.39, 0.29) is 11.8 Å². The number of amides is 2. The second kappa shape index (κ2) is 7.92. The Morgan fingerprint density at radius 2 is 1.96 bits per heavy atom. The molecule has 23 heavy (non-hydrogen) atoms. The van der Waals surface area contributed by atoms with Crippen LogP contribution in [0.3, 0.4) is 0 Å². The molecular weight excluding hydrogens is 294 g/mol. The minimum Gasteiger partial charge on any atom is -0.352 e. The van der Waals surface area contributed by atoms with E-state index in [4.69, 9.17) is 0 Å². The van der Waals surface area contributed by atoms with Crippen molar-refractivity contribution in [2.75, 3.05) is 49.5 Å². The first-order valence-corrected chi connectivity index (χ1v) is 8.09. The van der Waals surface area contributed by atoms with E-state index in [1.807, 2.05) is 13.8 Å². The third kappa shape index (κ3) is 4.19. The molecule has 1 saturated heterocycles. The third-order valence-corrected chi connectivity index (χ3v) is 3.89. The first-order valence-electron chi connectivity index (χ1n) is 8.09. The molecule has 0 aromatic carbocycles. The Kier molecular flexibility index (Phi) is 5.92. The SMILES string of the molecule is CCN(CC)C(=O)c1cnc(N2CCNCC2)c(NC(C)=O)c1. The second-order valence-corrected chi connectivity index (χ2v) is 5.49. The number of piperazine rings is 1. The summed E-state index contributed by atoms with van der Waals surface area (Å²) in [5, 5.41) is 6.09. The molecular formula is C16H25N5O2. The van der Waals surface area contributed by atoms with E-state index in [0.29, 0.717) is 24.3 Å². The predicted molar refractivity (Wildman–Crippen MR) is 90.9 cm³/mol. The van der Waals surface area contributed by atoms with Crippen LogP contribution >= 0.6 is 0 Å². The minimum atomic E-state index is -0.171. The van der Waals surface area contributed by atoms with Gasteiger partial charge in [0.1, 0.15) is 0 Å². The van der Waals surface area contributed by atoms with Gasteiger partial charge < -0.3 is 20.4 Å². The topological polar surface area (TPSA) is 77.6 Å². The van der Waals surface area contributed by atoms with E-state index in [1.54, 1.807) is 17.2 Å². The normalized spacial score (nSPS) is 14.5. The van der Waals surface area contributed by atoms with E-state index in [9.17, 15) is 9.59 Å². The van der Waals surface area contributed by atoms with Crippen LogP contribution in [-0.4, -0.2) is 61.0 Å². The van der Waals surface area contributed by atoms with Crippen LogP contribution in [0.4, 0.5) is 11.5 Å². The Balaban J connectivity index is 2.33. The number of carbonyl (C=O) groups excluding carboxylic acids is 2. The van der Waals surface area contributed by atoms with Crippen molar-refractivity contribution in [2.24, 2.45) is 0 Å². The fourth-order valence-electron chi connectivity index (χ4n) is 2.68. The fraction of sp³-hybridized carbons (Fsp3) is 0.562. The molecule has 0 spiro atoms. The van der Waals surface area contributed by atoms with Crippen LogP contribution in [0.25, 0.3) is 0 Å². The van der Waals surface area contributed by atoms with Gasteiger partial charge in [-0.25, -0.2) is 4.98 Å². The van der Waals surface area contributed by atoms with Gasteiger partial charge in [0, 0.05) is 52.4 Å². The Labute approximate surface area is 137 Å². The average Bonchev–Trinajstić information content (AvgIpc) is 2.56. The first kappa shape index (κ1) is 17.2. The molecule has 1 aromatic heterocycles. The Hall–Kier alpha value is -2.15. The number of aromatic nitrogens is 1. The molecule has 0 saturated carbocycles. The van der Waals surface area contributed by atoms with Crippen LogP contribution in [0.15, 0.2) is 12.3 Å². The van der Waals surface area contributed by atoms with Crippen LogP contribution in [0.5, 0.6) is 0 Å². The van der Waals surface area contributed by atoms with E-state index in [0.717, 1.165) is 32.0 Å². The lowest BCUT2D eigenvalue weighted by molar-refractivity contribution is -0.114. The molecule has 2 heterocycles. The Bertz CT molecular complexity index is 566. The lowest BCUT2D eigenvalue weighted by Gasteiger charge is -2.30. The Morgan fingerprint density at radius 3 is 2.52 bits per heavy atom. The van der Waals surface area contributed by atoms with Crippen molar-refractivity contribution in [3.05, 3.63) is 17.8 Å². The lowest BCUT2D eigenvalue weighted by Crippen LogP contribution is -2.44. The molecule has 7 heteroatoms. The molecule has 1 aliphatic rings. The highest BCUT2D eigenvalue weighted by Gasteiger charge is 2.20. The van der Waals surface area contributed by atoms with Crippen molar-refractivity contribution < 1.29 is 9.59 Å². The summed E-state index contributed by atoms with van der Waals surface area (Å²) < 4.78 is 0. The van der Waals surface area contributed by atoms with Crippen LogP contribution in [0.1, 0.15) is 31.1 Å². The zero-order chi connectivity index (χ0) is 16.8. The minimum absolute atomic E-state index is 0.0686. The predicted octanol–water partition coefficient (Wildman–Crippen LogP) is 0.932. The van der Waals surface area contributed by atoms with E-state index in [2.05, 4.69) is 20.5 Å². The van der Waals surface area contributed by atoms with Crippen molar-refractivity contribution in [3.63, 3.8) is 0 Å². The molecule has 2 rings (SSSR count). The second-order valence-electron chi connectivity index (χ2n) is 5.49. The quantitative estimate of drug-likeness (QED) is 0.844. The number of carbonyl (C=O) groups is 2. The summed E-state index contributed by atoms with van der Waals surface area (Å²) >= 11 is 0. The van der Waals surface area contributed by atoms with E-state index >= 15 is 0 Å². The van der Waals surface area contributed by atoms with Gasteiger partial charge in [-0.05, 0) is 19.9 Å². The van der Waals surface area contributed by atoms with Crippen LogP contribution in [-0.2, 0) is 4.79 Å². The van der Waals surface area contributed by atoms with Crippen molar-refractivity contribution in [3.8, 4) is 0 Å². The molecule has 0 bridgehead atoms. The van der Waals surface area contributed by atoms with Gasteiger partial charge in [-0.3, -0.25) is 9.59 Å². The van der Waals surface area contributed by atoms with Gasteiger partial charge in [0.25, 0.3) is 5.91 Å². The van der Waals surface area contributed by atoms with Gasteiger partial charge in [-0.1, -0.05) is 0 Å². The number of rotatable bonds is 5. The van der Waals surface area contributed by atoms with Gasteiger partial charge in [0.2, 0.25) is 5.91 Å². The molecule has 0 atom stereocenters. The third-order valence-electron chi connectivity index (χ3n) is 3.89. The summed E-state index contributed by atoms with van der Waals surface area (Å²) in [6, 6.07) is 1.73. The van der Waals surface area contributed by atoms with Gasteiger partial charge in [-0.2, -0.15) is 0 Å². The van der Waals surface area contributed by atoms with Gasteiger partial charge in [0.15, 0.2) is 5.82 Å². The maximum atomic E-state index is 12.5. The van der Waals surface area contributed by atoms with Gasteiger partial charge in [0.05, 0.1) is 11.3 Å². The summed E-state index contributed by atoms with van der Waals surface area (Å²) in [6.07, 6.45) is 1.60. The monoisotopic (exact) mass is 319 g/mol. The molecule has 1 aliphatic heterocycles. The number of nitrogens with one attached hydrogen (secondary N) is 2. The summed E-state index contributed by atoms with van der Waals surface area (Å²) in [5.41, 5.74) is 1.09.